The van der Waals surface area contributed by atoms with Gasteiger partial charge in [-0.2, -0.15) is 0 Å². The highest BCUT2D eigenvalue weighted by Crippen LogP contribution is 2.27. The van der Waals surface area contributed by atoms with Gasteiger partial charge in [0.1, 0.15) is 11.5 Å². The molecule has 150 valence electrons. The zero-order valence-electron chi connectivity index (χ0n) is 16.4. The van der Waals surface area contributed by atoms with Gasteiger partial charge in [-0.25, -0.2) is 0 Å². The second kappa shape index (κ2) is 11.0. The van der Waals surface area contributed by atoms with E-state index < -0.39 is 5.97 Å². The molecule has 0 heterocycles. The van der Waals surface area contributed by atoms with Crippen molar-refractivity contribution < 1.29 is 24.2 Å². The van der Waals surface area contributed by atoms with Crippen molar-refractivity contribution in [2.45, 2.75) is 39.5 Å². The minimum Gasteiger partial charge on any atom is -0.494 e. The van der Waals surface area contributed by atoms with Crippen LogP contribution in [0.4, 0.5) is 5.69 Å². The van der Waals surface area contributed by atoms with Crippen LogP contribution in [0.2, 0.25) is 0 Å². The molecule has 0 saturated heterocycles. The lowest BCUT2D eigenvalue weighted by Crippen LogP contribution is -2.15. The number of aryl methyl sites for hydroxylation is 1. The highest BCUT2D eigenvalue weighted by Gasteiger charge is 2.11. The van der Waals surface area contributed by atoms with Crippen LogP contribution in [-0.2, 0) is 22.4 Å². The summed E-state index contributed by atoms with van der Waals surface area (Å²) in [5.74, 6) is 0.335. The van der Waals surface area contributed by atoms with Gasteiger partial charge in [0, 0.05) is 6.42 Å². The minimum absolute atomic E-state index is 0.0364. The molecule has 0 fully saturated rings. The van der Waals surface area contributed by atoms with E-state index in [1.54, 1.807) is 12.1 Å². The minimum atomic E-state index is -0.854. The Labute approximate surface area is 165 Å². The maximum Gasteiger partial charge on any atom is 0.303 e. The zero-order chi connectivity index (χ0) is 20.4. The summed E-state index contributed by atoms with van der Waals surface area (Å²) in [6, 6.07) is 12.8. The Morgan fingerprint density at radius 3 is 2.36 bits per heavy atom. The van der Waals surface area contributed by atoms with E-state index in [-0.39, 0.29) is 18.7 Å². The first-order valence-corrected chi connectivity index (χ1v) is 9.51. The fourth-order valence-corrected chi connectivity index (χ4v) is 2.67. The van der Waals surface area contributed by atoms with Crippen LogP contribution in [0.1, 0.15) is 37.8 Å². The van der Waals surface area contributed by atoms with E-state index in [2.05, 4.69) is 5.32 Å². The van der Waals surface area contributed by atoms with Crippen molar-refractivity contribution in [3.05, 3.63) is 53.6 Å². The Bertz CT molecular complexity index is 786. The van der Waals surface area contributed by atoms with Gasteiger partial charge in [0.2, 0.25) is 5.91 Å². The molecule has 6 nitrogen and oxygen atoms in total. The number of benzene rings is 2. The maximum absolute atomic E-state index is 12.5. The van der Waals surface area contributed by atoms with Gasteiger partial charge in [0.05, 0.1) is 25.3 Å². The predicted octanol–water partition coefficient (Wildman–Crippen LogP) is 4.07. The molecule has 0 aliphatic carbocycles. The number of nitrogens with one attached hydrogen (secondary N) is 1. The second-order valence-corrected chi connectivity index (χ2v) is 6.37. The lowest BCUT2D eigenvalue weighted by atomic mass is 10.1. The molecular weight excluding hydrogens is 358 g/mol. The number of rotatable bonds is 11. The first-order valence-electron chi connectivity index (χ1n) is 9.51. The number of hydrogen-bond acceptors (Lipinski definition) is 4. The third-order valence-electron chi connectivity index (χ3n) is 4.01. The number of hydrogen-bond donors (Lipinski definition) is 2. The van der Waals surface area contributed by atoms with Gasteiger partial charge in [-0.15, -0.1) is 0 Å². The number of carbonyl (C=O) groups excluding carboxylic acids is 1. The Hall–Kier alpha value is -3.02. The smallest absolute Gasteiger partial charge is 0.303 e. The van der Waals surface area contributed by atoms with Gasteiger partial charge < -0.3 is 19.9 Å². The van der Waals surface area contributed by atoms with E-state index in [0.717, 1.165) is 23.3 Å². The van der Waals surface area contributed by atoms with Crippen molar-refractivity contribution >= 4 is 17.6 Å². The molecule has 2 aromatic carbocycles. The summed E-state index contributed by atoms with van der Waals surface area (Å²) in [7, 11) is 0. The van der Waals surface area contributed by atoms with Crippen molar-refractivity contribution in [2.24, 2.45) is 0 Å². The van der Waals surface area contributed by atoms with Crippen molar-refractivity contribution in [1.82, 2.24) is 0 Å². The van der Waals surface area contributed by atoms with E-state index in [1.807, 2.05) is 44.2 Å². The molecule has 1 amide bonds. The largest absolute Gasteiger partial charge is 0.494 e. The fraction of sp³-hybridized carbons (Fsp3) is 0.364. The van der Waals surface area contributed by atoms with Gasteiger partial charge in [-0.05, 0) is 55.2 Å². The lowest BCUT2D eigenvalue weighted by Gasteiger charge is -2.14. The fourth-order valence-electron chi connectivity index (χ4n) is 2.67. The van der Waals surface area contributed by atoms with Crippen molar-refractivity contribution in [3.8, 4) is 11.5 Å². The predicted molar refractivity (Wildman–Crippen MR) is 108 cm³/mol. The maximum atomic E-state index is 12.5. The zero-order valence-corrected chi connectivity index (χ0v) is 16.4. The topological polar surface area (TPSA) is 84.9 Å². The Morgan fingerprint density at radius 2 is 1.71 bits per heavy atom. The summed E-state index contributed by atoms with van der Waals surface area (Å²) in [6.45, 7) is 5.06. The molecule has 2 rings (SSSR count). The third-order valence-corrected chi connectivity index (χ3v) is 4.01. The molecule has 28 heavy (non-hydrogen) atoms. The molecule has 2 N–H and O–H groups in total. The molecule has 0 saturated carbocycles. The summed E-state index contributed by atoms with van der Waals surface area (Å²) in [4.78, 5) is 23.3. The summed E-state index contributed by atoms with van der Waals surface area (Å²) < 4.78 is 11.1. The van der Waals surface area contributed by atoms with Gasteiger partial charge in [0.15, 0.2) is 0 Å². The Kier molecular flexibility index (Phi) is 8.34. The average Bonchev–Trinajstić information content (AvgIpc) is 2.67. The molecule has 0 radical (unpaired) electrons. The third kappa shape index (κ3) is 6.95. The van der Waals surface area contributed by atoms with E-state index in [4.69, 9.17) is 14.6 Å². The van der Waals surface area contributed by atoms with Gasteiger partial charge in [-0.3, -0.25) is 9.59 Å². The molecule has 0 aromatic heterocycles. The average molecular weight is 385 g/mol. The Balaban J connectivity index is 2.08. The number of aliphatic carboxylic acids is 1. The second-order valence-electron chi connectivity index (χ2n) is 6.37. The molecule has 0 atom stereocenters. The molecule has 0 aliphatic heterocycles. The van der Waals surface area contributed by atoms with E-state index >= 15 is 0 Å². The number of anilines is 1. The highest BCUT2D eigenvalue weighted by atomic mass is 16.5. The summed E-state index contributed by atoms with van der Waals surface area (Å²) >= 11 is 0. The number of carboxylic acids is 1. The van der Waals surface area contributed by atoms with Gasteiger partial charge >= 0.3 is 5.97 Å². The van der Waals surface area contributed by atoms with Crippen LogP contribution in [-0.4, -0.2) is 30.2 Å². The van der Waals surface area contributed by atoms with Crippen LogP contribution >= 0.6 is 0 Å². The number of amides is 1. The summed E-state index contributed by atoms with van der Waals surface area (Å²) in [5.41, 5.74) is 2.27. The summed E-state index contributed by atoms with van der Waals surface area (Å²) in [5, 5.41) is 11.8. The van der Waals surface area contributed by atoms with Gasteiger partial charge in [-0.1, -0.05) is 25.1 Å². The number of carboxylic acid groups (broad SMARTS) is 1. The summed E-state index contributed by atoms with van der Waals surface area (Å²) in [6.07, 6.45) is 1.50. The number of ether oxygens (including phenoxy) is 2. The Morgan fingerprint density at radius 1 is 1.00 bits per heavy atom. The highest BCUT2D eigenvalue weighted by molar-refractivity contribution is 5.93. The molecule has 0 unspecified atom stereocenters. The van der Waals surface area contributed by atoms with Crippen LogP contribution in [0.3, 0.4) is 0 Å². The van der Waals surface area contributed by atoms with Crippen molar-refractivity contribution in [1.29, 1.82) is 0 Å². The van der Waals surface area contributed by atoms with E-state index in [1.165, 1.54) is 0 Å². The SMILES string of the molecule is CCCOc1ccc(CCC(=O)O)cc1NC(=O)Cc1ccc(OCC)cc1. The van der Waals surface area contributed by atoms with Crippen molar-refractivity contribution in [3.63, 3.8) is 0 Å². The molecule has 0 bridgehead atoms. The first kappa shape index (κ1) is 21.3. The molecule has 0 spiro atoms. The van der Waals surface area contributed by atoms with Crippen LogP contribution in [0, 0.1) is 0 Å². The van der Waals surface area contributed by atoms with Crippen LogP contribution in [0.15, 0.2) is 42.5 Å². The normalized spacial score (nSPS) is 10.4. The molecule has 0 aliphatic rings. The molecule has 6 heteroatoms. The lowest BCUT2D eigenvalue weighted by molar-refractivity contribution is -0.137. The van der Waals surface area contributed by atoms with Gasteiger partial charge in [0.25, 0.3) is 0 Å². The van der Waals surface area contributed by atoms with Crippen LogP contribution in [0.5, 0.6) is 11.5 Å². The monoisotopic (exact) mass is 385 g/mol. The molecule has 2 aromatic rings. The number of carbonyl (C=O) groups is 2. The van der Waals surface area contributed by atoms with E-state index in [9.17, 15) is 9.59 Å². The van der Waals surface area contributed by atoms with Crippen LogP contribution < -0.4 is 14.8 Å². The first-order chi connectivity index (χ1) is 13.5. The van der Waals surface area contributed by atoms with E-state index in [0.29, 0.717) is 31.1 Å². The molecular formula is C22H27NO5. The van der Waals surface area contributed by atoms with Crippen molar-refractivity contribution in [2.75, 3.05) is 18.5 Å². The standard InChI is InChI=1S/C22H27NO5/c1-3-13-28-20-11-7-16(8-12-22(25)26)14-19(20)23-21(24)15-17-5-9-18(10-6-17)27-4-2/h5-7,9-11,14H,3-4,8,12-13,15H2,1-2H3,(H,23,24)(H,25,26). The van der Waals surface area contributed by atoms with Crippen LogP contribution in [0.25, 0.3) is 0 Å². The quantitative estimate of drug-likeness (QED) is 0.609.